The highest BCUT2D eigenvalue weighted by Gasteiger charge is 2.10. The van der Waals surface area contributed by atoms with E-state index in [9.17, 15) is 9.59 Å². The van der Waals surface area contributed by atoms with Crippen LogP contribution in [0.3, 0.4) is 0 Å². The Kier molecular flexibility index (Phi) is 5.73. The minimum Gasteiger partial charge on any atom is -0.470 e. The third kappa shape index (κ3) is 5.08. The SMILES string of the molecule is CC(=O)Nc1ccc(NC(=O)c2ccn(COc3ccccc3Cl)n2)cc1. The summed E-state index contributed by atoms with van der Waals surface area (Å²) in [6.07, 6.45) is 1.64. The summed E-state index contributed by atoms with van der Waals surface area (Å²) in [7, 11) is 0. The summed E-state index contributed by atoms with van der Waals surface area (Å²) >= 11 is 6.03. The molecule has 8 heteroatoms. The lowest BCUT2D eigenvalue weighted by atomic mass is 10.2. The van der Waals surface area contributed by atoms with Crippen LogP contribution in [0, 0.1) is 0 Å². The largest absolute Gasteiger partial charge is 0.470 e. The van der Waals surface area contributed by atoms with Gasteiger partial charge in [-0.05, 0) is 42.5 Å². The van der Waals surface area contributed by atoms with Crippen molar-refractivity contribution in [3.05, 3.63) is 71.5 Å². The van der Waals surface area contributed by atoms with Crippen molar-refractivity contribution < 1.29 is 14.3 Å². The van der Waals surface area contributed by atoms with E-state index in [1.165, 1.54) is 11.6 Å². The summed E-state index contributed by atoms with van der Waals surface area (Å²) in [4.78, 5) is 23.3. The molecule has 0 unspecified atom stereocenters. The number of anilines is 2. The third-order valence-electron chi connectivity index (χ3n) is 3.53. The van der Waals surface area contributed by atoms with E-state index in [0.717, 1.165) is 0 Å². The zero-order valence-corrected chi connectivity index (χ0v) is 15.2. The summed E-state index contributed by atoms with van der Waals surface area (Å²) in [6, 6.07) is 15.5. The Balaban J connectivity index is 1.58. The van der Waals surface area contributed by atoms with Crippen molar-refractivity contribution in [3.63, 3.8) is 0 Å². The van der Waals surface area contributed by atoms with Gasteiger partial charge >= 0.3 is 0 Å². The Labute approximate surface area is 160 Å². The molecule has 0 spiro atoms. The van der Waals surface area contributed by atoms with Gasteiger partial charge in [-0.25, -0.2) is 4.68 Å². The van der Waals surface area contributed by atoms with Crippen LogP contribution >= 0.6 is 11.6 Å². The molecule has 2 amide bonds. The van der Waals surface area contributed by atoms with E-state index in [1.807, 2.05) is 12.1 Å². The molecule has 0 aliphatic heterocycles. The van der Waals surface area contributed by atoms with Crippen LogP contribution in [-0.2, 0) is 11.5 Å². The van der Waals surface area contributed by atoms with E-state index in [-0.39, 0.29) is 24.2 Å². The molecule has 0 radical (unpaired) electrons. The van der Waals surface area contributed by atoms with Crippen molar-refractivity contribution in [2.75, 3.05) is 10.6 Å². The number of amides is 2. The molecule has 0 bridgehead atoms. The molecular weight excluding hydrogens is 368 g/mol. The molecule has 0 atom stereocenters. The van der Waals surface area contributed by atoms with Crippen LogP contribution < -0.4 is 15.4 Å². The molecule has 3 aromatic rings. The lowest BCUT2D eigenvalue weighted by molar-refractivity contribution is -0.114. The average molecular weight is 385 g/mol. The molecule has 0 saturated carbocycles. The fraction of sp³-hybridized carbons (Fsp3) is 0.105. The first kappa shape index (κ1) is 18.5. The Morgan fingerprint density at radius 2 is 1.70 bits per heavy atom. The van der Waals surface area contributed by atoms with Crippen molar-refractivity contribution in [2.24, 2.45) is 0 Å². The number of benzene rings is 2. The second kappa shape index (κ2) is 8.37. The van der Waals surface area contributed by atoms with Crippen LogP contribution in [0.5, 0.6) is 5.75 Å². The fourth-order valence-electron chi connectivity index (χ4n) is 2.29. The Morgan fingerprint density at radius 3 is 2.37 bits per heavy atom. The van der Waals surface area contributed by atoms with E-state index in [2.05, 4.69) is 15.7 Å². The number of ether oxygens (including phenoxy) is 1. The Hall–Kier alpha value is -3.32. The van der Waals surface area contributed by atoms with Crippen LogP contribution in [0.2, 0.25) is 5.02 Å². The topological polar surface area (TPSA) is 85.2 Å². The normalized spacial score (nSPS) is 10.3. The minimum atomic E-state index is -0.348. The zero-order chi connectivity index (χ0) is 19.2. The van der Waals surface area contributed by atoms with Gasteiger partial charge in [0.1, 0.15) is 5.75 Å². The van der Waals surface area contributed by atoms with Gasteiger partial charge in [0.15, 0.2) is 12.4 Å². The number of nitrogens with zero attached hydrogens (tertiary/aromatic N) is 2. The summed E-state index contributed by atoms with van der Waals surface area (Å²) in [5.41, 5.74) is 1.50. The smallest absolute Gasteiger partial charge is 0.276 e. The maximum absolute atomic E-state index is 12.3. The molecule has 0 aliphatic rings. The van der Waals surface area contributed by atoms with Crippen molar-refractivity contribution in [2.45, 2.75) is 13.7 Å². The highest BCUT2D eigenvalue weighted by Crippen LogP contribution is 2.23. The highest BCUT2D eigenvalue weighted by atomic mass is 35.5. The van der Waals surface area contributed by atoms with E-state index < -0.39 is 0 Å². The molecule has 27 heavy (non-hydrogen) atoms. The summed E-state index contributed by atoms with van der Waals surface area (Å²) in [5.74, 6) is 0.0371. The highest BCUT2D eigenvalue weighted by molar-refractivity contribution is 6.32. The molecule has 2 aromatic carbocycles. The molecule has 0 saturated heterocycles. The van der Waals surface area contributed by atoms with Gasteiger partial charge < -0.3 is 15.4 Å². The zero-order valence-electron chi connectivity index (χ0n) is 14.5. The number of halogens is 1. The molecule has 0 fully saturated rings. The number of carbonyl (C=O) groups excluding carboxylic acids is 2. The van der Waals surface area contributed by atoms with Gasteiger partial charge in [0.25, 0.3) is 5.91 Å². The molecule has 2 N–H and O–H groups in total. The van der Waals surface area contributed by atoms with Crippen molar-refractivity contribution >= 4 is 34.8 Å². The van der Waals surface area contributed by atoms with Gasteiger partial charge in [0.2, 0.25) is 5.91 Å². The maximum Gasteiger partial charge on any atom is 0.276 e. The molecule has 0 aliphatic carbocycles. The first-order chi connectivity index (χ1) is 13.0. The predicted molar refractivity (Wildman–Crippen MR) is 103 cm³/mol. The quantitative estimate of drug-likeness (QED) is 0.677. The average Bonchev–Trinajstić information content (AvgIpc) is 3.11. The molecule has 1 aromatic heterocycles. The van der Waals surface area contributed by atoms with E-state index in [4.69, 9.17) is 16.3 Å². The van der Waals surface area contributed by atoms with Crippen molar-refractivity contribution in [3.8, 4) is 5.75 Å². The van der Waals surface area contributed by atoms with Gasteiger partial charge in [0.05, 0.1) is 5.02 Å². The number of carbonyl (C=O) groups is 2. The summed E-state index contributed by atoms with van der Waals surface area (Å²) < 4.78 is 7.08. The van der Waals surface area contributed by atoms with Gasteiger partial charge in [0, 0.05) is 24.5 Å². The van der Waals surface area contributed by atoms with Crippen LogP contribution in [0.4, 0.5) is 11.4 Å². The molecule has 138 valence electrons. The van der Waals surface area contributed by atoms with Crippen LogP contribution in [-0.4, -0.2) is 21.6 Å². The lowest BCUT2D eigenvalue weighted by Gasteiger charge is -2.07. The van der Waals surface area contributed by atoms with Crippen molar-refractivity contribution in [1.82, 2.24) is 9.78 Å². The standard InChI is InChI=1S/C19H17ClN4O3/c1-13(25)21-14-6-8-15(9-7-14)22-19(26)17-10-11-24(23-17)12-27-18-5-3-2-4-16(18)20/h2-11H,12H2,1H3,(H,21,25)(H,22,26). The molecule has 7 nitrogen and oxygen atoms in total. The van der Waals surface area contributed by atoms with Gasteiger partial charge in [-0.3, -0.25) is 9.59 Å². The molecular formula is C19H17ClN4O3. The first-order valence-electron chi connectivity index (χ1n) is 8.11. The number of hydrogen-bond donors (Lipinski definition) is 2. The number of aromatic nitrogens is 2. The fourth-order valence-corrected chi connectivity index (χ4v) is 2.48. The molecule has 1 heterocycles. The van der Waals surface area contributed by atoms with E-state index in [0.29, 0.717) is 22.1 Å². The van der Waals surface area contributed by atoms with E-state index in [1.54, 1.807) is 48.7 Å². The third-order valence-corrected chi connectivity index (χ3v) is 3.84. The summed E-state index contributed by atoms with van der Waals surface area (Å²) in [6.45, 7) is 1.56. The number of nitrogens with one attached hydrogen (secondary N) is 2. The molecule has 3 rings (SSSR count). The van der Waals surface area contributed by atoms with Gasteiger partial charge in [-0.1, -0.05) is 23.7 Å². The first-order valence-corrected chi connectivity index (χ1v) is 8.49. The Morgan fingerprint density at radius 1 is 1.04 bits per heavy atom. The number of para-hydroxylation sites is 1. The minimum absolute atomic E-state index is 0.127. The summed E-state index contributed by atoms with van der Waals surface area (Å²) in [5, 5.41) is 10.1. The van der Waals surface area contributed by atoms with Gasteiger partial charge in [-0.15, -0.1) is 0 Å². The number of hydrogen-bond acceptors (Lipinski definition) is 4. The lowest BCUT2D eigenvalue weighted by Crippen LogP contribution is -2.14. The number of rotatable bonds is 6. The van der Waals surface area contributed by atoms with Crippen LogP contribution in [0.25, 0.3) is 0 Å². The monoisotopic (exact) mass is 384 g/mol. The van der Waals surface area contributed by atoms with Crippen LogP contribution in [0.15, 0.2) is 60.8 Å². The second-order valence-electron chi connectivity index (χ2n) is 5.66. The van der Waals surface area contributed by atoms with Gasteiger partial charge in [-0.2, -0.15) is 5.10 Å². The second-order valence-corrected chi connectivity index (χ2v) is 6.06. The van der Waals surface area contributed by atoms with E-state index >= 15 is 0 Å². The van der Waals surface area contributed by atoms with Crippen LogP contribution in [0.1, 0.15) is 17.4 Å². The Bertz CT molecular complexity index is 954. The predicted octanol–water partition coefficient (Wildman–Crippen LogP) is 3.78. The van der Waals surface area contributed by atoms with Crippen molar-refractivity contribution in [1.29, 1.82) is 0 Å². The maximum atomic E-state index is 12.3.